The number of rotatable bonds is 11. The molecule has 0 spiro atoms. The lowest BCUT2D eigenvalue weighted by atomic mass is 10.1. The maximum absolute atomic E-state index is 12.5. The Morgan fingerprint density at radius 1 is 0.966 bits per heavy atom. The van der Waals surface area contributed by atoms with Crippen molar-refractivity contribution in [2.45, 2.75) is 13.8 Å². The van der Waals surface area contributed by atoms with Crippen LogP contribution in [0.5, 0.6) is 5.75 Å². The van der Waals surface area contributed by atoms with Gasteiger partial charge in [-0.3, -0.25) is 9.59 Å². The monoisotopic (exact) mass is 399 g/mol. The largest absolute Gasteiger partial charge is 0.491 e. The summed E-state index contributed by atoms with van der Waals surface area (Å²) in [6.07, 6.45) is 0. The second-order valence-electron chi connectivity index (χ2n) is 6.33. The first kappa shape index (κ1) is 22.2. The van der Waals surface area contributed by atoms with Crippen molar-refractivity contribution in [2.24, 2.45) is 0 Å². The summed E-state index contributed by atoms with van der Waals surface area (Å²) in [4.78, 5) is 26.5. The molecule has 0 saturated heterocycles. The van der Waals surface area contributed by atoms with Crippen LogP contribution in [0, 0.1) is 0 Å². The summed E-state index contributed by atoms with van der Waals surface area (Å²) in [5.74, 6) is 0.448. The minimum Gasteiger partial charge on any atom is -0.491 e. The fraction of sp³-hybridized carbons (Fsp3) is 0.364. The third-order valence-electron chi connectivity index (χ3n) is 4.29. The van der Waals surface area contributed by atoms with Crippen molar-refractivity contribution in [2.75, 3.05) is 50.6 Å². The smallest absolute Gasteiger partial charge is 0.253 e. The number of carbonyl (C=O) groups is 2. The van der Waals surface area contributed by atoms with E-state index in [0.717, 1.165) is 5.69 Å². The number of hydrogen-bond donors (Lipinski definition) is 2. The van der Waals surface area contributed by atoms with Gasteiger partial charge in [0.2, 0.25) is 5.91 Å². The first-order chi connectivity index (χ1) is 14.1. The molecular weight excluding hydrogens is 370 g/mol. The Labute approximate surface area is 172 Å². The highest BCUT2D eigenvalue weighted by Crippen LogP contribution is 2.17. The van der Waals surface area contributed by atoms with Gasteiger partial charge in [-0.2, -0.15) is 0 Å². The van der Waals surface area contributed by atoms with Crippen LogP contribution in [0.25, 0.3) is 0 Å². The molecule has 2 rings (SSSR count). The molecule has 0 heterocycles. The molecule has 7 heteroatoms. The van der Waals surface area contributed by atoms with E-state index >= 15 is 0 Å². The number of benzene rings is 2. The molecule has 0 aliphatic carbocycles. The van der Waals surface area contributed by atoms with Gasteiger partial charge in [-0.05, 0) is 44.2 Å². The number of carbonyl (C=O) groups excluding carboxylic acids is 2. The molecule has 0 aliphatic rings. The Bertz CT molecular complexity index is 806. The quantitative estimate of drug-likeness (QED) is 0.567. The summed E-state index contributed by atoms with van der Waals surface area (Å²) >= 11 is 0. The first-order valence-corrected chi connectivity index (χ1v) is 9.72. The molecule has 156 valence electrons. The zero-order valence-corrected chi connectivity index (χ0v) is 17.2. The number of anilines is 2. The molecule has 0 radical (unpaired) electrons. The standard InChI is InChI=1S/C22H29N3O4/c1-4-25(5-2)22(27)17-8-6-9-18(14-17)23-16-21(26)24-19-10-7-11-20(15-19)29-13-12-28-3/h6-11,14-15,23H,4-5,12-13,16H2,1-3H3,(H,24,26). The van der Waals surface area contributed by atoms with Crippen molar-refractivity contribution < 1.29 is 19.1 Å². The molecule has 0 aliphatic heterocycles. The fourth-order valence-electron chi connectivity index (χ4n) is 2.75. The van der Waals surface area contributed by atoms with Crippen molar-refractivity contribution in [1.29, 1.82) is 0 Å². The van der Waals surface area contributed by atoms with E-state index in [4.69, 9.17) is 9.47 Å². The minimum absolute atomic E-state index is 0.0200. The van der Waals surface area contributed by atoms with E-state index in [1.165, 1.54) is 0 Å². The Balaban J connectivity index is 1.90. The maximum Gasteiger partial charge on any atom is 0.253 e. The third kappa shape index (κ3) is 7.12. The highest BCUT2D eigenvalue weighted by atomic mass is 16.5. The SMILES string of the molecule is CCN(CC)C(=O)c1cccc(NCC(=O)Nc2cccc(OCCOC)c2)c1. The van der Waals surface area contributed by atoms with Gasteiger partial charge < -0.3 is 25.0 Å². The predicted molar refractivity (Wildman–Crippen MR) is 115 cm³/mol. The zero-order chi connectivity index (χ0) is 21.1. The van der Waals surface area contributed by atoms with E-state index in [1.54, 1.807) is 42.3 Å². The summed E-state index contributed by atoms with van der Waals surface area (Å²) in [6, 6.07) is 14.4. The lowest BCUT2D eigenvalue weighted by molar-refractivity contribution is -0.114. The molecular formula is C22H29N3O4. The van der Waals surface area contributed by atoms with Gasteiger partial charge in [0.05, 0.1) is 13.2 Å². The maximum atomic E-state index is 12.5. The summed E-state index contributed by atoms with van der Waals surface area (Å²) < 4.78 is 10.5. The van der Waals surface area contributed by atoms with Gasteiger partial charge in [-0.15, -0.1) is 0 Å². The normalized spacial score (nSPS) is 10.3. The molecule has 2 aromatic rings. The van der Waals surface area contributed by atoms with Gasteiger partial charge in [-0.1, -0.05) is 12.1 Å². The van der Waals surface area contributed by atoms with E-state index < -0.39 is 0 Å². The van der Waals surface area contributed by atoms with Crippen molar-refractivity contribution >= 4 is 23.2 Å². The number of hydrogen-bond acceptors (Lipinski definition) is 5. The van der Waals surface area contributed by atoms with Crippen LogP contribution in [0.4, 0.5) is 11.4 Å². The van der Waals surface area contributed by atoms with Gasteiger partial charge >= 0.3 is 0 Å². The molecule has 0 bridgehead atoms. The number of nitrogens with one attached hydrogen (secondary N) is 2. The summed E-state index contributed by atoms with van der Waals surface area (Å²) in [6.45, 7) is 6.23. The van der Waals surface area contributed by atoms with Crippen LogP contribution >= 0.6 is 0 Å². The topological polar surface area (TPSA) is 79.9 Å². The minimum atomic E-state index is -0.195. The summed E-state index contributed by atoms with van der Waals surface area (Å²) in [7, 11) is 1.61. The average molecular weight is 399 g/mol. The van der Waals surface area contributed by atoms with Crippen LogP contribution < -0.4 is 15.4 Å². The molecule has 2 amide bonds. The van der Waals surface area contributed by atoms with Crippen molar-refractivity contribution in [3.8, 4) is 5.75 Å². The van der Waals surface area contributed by atoms with Crippen LogP contribution in [0.2, 0.25) is 0 Å². The van der Waals surface area contributed by atoms with Crippen molar-refractivity contribution in [1.82, 2.24) is 4.90 Å². The number of methoxy groups -OCH3 is 1. The molecule has 29 heavy (non-hydrogen) atoms. The second kappa shape index (κ2) is 11.7. The van der Waals surface area contributed by atoms with Crippen molar-refractivity contribution in [3.63, 3.8) is 0 Å². The molecule has 0 unspecified atom stereocenters. The molecule has 0 saturated carbocycles. The molecule has 7 nitrogen and oxygen atoms in total. The van der Waals surface area contributed by atoms with Crippen LogP contribution in [0.15, 0.2) is 48.5 Å². The van der Waals surface area contributed by atoms with E-state index in [-0.39, 0.29) is 18.4 Å². The second-order valence-corrected chi connectivity index (χ2v) is 6.33. The van der Waals surface area contributed by atoms with Crippen LogP contribution in [0.3, 0.4) is 0 Å². The summed E-state index contributed by atoms with van der Waals surface area (Å²) in [5.41, 5.74) is 1.96. The highest BCUT2D eigenvalue weighted by molar-refractivity contribution is 5.96. The Hall–Kier alpha value is -3.06. The van der Waals surface area contributed by atoms with Gasteiger partial charge in [0.15, 0.2) is 0 Å². The predicted octanol–water partition coefficient (Wildman–Crippen LogP) is 3.24. The Morgan fingerprint density at radius 3 is 2.41 bits per heavy atom. The van der Waals surface area contributed by atoms with Crippen LogP contribution in [0.1, 0.15) is 24.2 Å². The molecule has 0 aromatic heterocycles. The molecule has 0 fully saturated rings. The average Bonchev–Trinajstić information content (AvgIpc) is 2.74. The zero-order valence-electron chi connectivity index (χ0n) is 17.2. The van der Waals surface area contributed by atoms with E-state index in [0.29, 0.717) is 43.3 Å². The first-order valence-electron chi connectivity index (χ1n) is 9.72. The summed E-state index contributed by atoms with van der Waals surface area (Å²) in [5, 5.41) is 5.89. The number of ether oxygens (including phenoxy) is 2. The Kier molecular flexibility index (Phi) is 8.98. The third-order valence-corrected chi connectivity index (χ3v) is 4.29. The van der Waals surface area contributed by atoms with Gasteiger partial charge in [0.25, 0.3) is 5.91 Å². The Morgan fingerprint density at radius 2 is 1.69 bits per heavy atom. The lowest BCUT2D eigenvalue weighted by Gasteiger charge is -2.19. The lowest BCUT2D eigenvalue weighted by Crippen LogP contribution is -2.30. The molecule has 2 aromatic carbocycles. The number of amides is 2. The van der Waals surface area contributed by atoms with Crippen molar-refractivity contribution in [3.05, 3.63) is 54.1 Å². The van der Waals surface area contributed by atoms with E-state index in [1.807, 2.05) is 32.0 Å². The van der Waals surface area contributed by atoms with E-state index in [2.05, 4.69) is 10.6 Å². The van der Waals surface area contributed by atoms with Gasteiger partial charge in [0.1, 0.15) is 12.4 Å². The van der Waals surface area contributed by atoms with Crippen LogP contribution in [-0.4, -0.2) is 56.7 Å². The molecule has 0 atom stereocenters. The van der Waals surface area contributed by atoms with Crippen LogP contribution in [-0.2, 0) is 9.53 Å². The van der Waals surface area contributed by atoms with Gasteiger partial charge in [-0.25, -0.2) is 0 Å². The van der Waals surface area contributed by atoms with Gasteiger partial charge in [0, 0.05) is 43.2 Å². The highest BCUT2D eigenvalue weighted by Gasteiger charge is 2.12. The number of nitrogens with zero attached hydrogens (tertiary/aromatic N) is 1. The fourth-order valence-corrected chi connectivity index (χ4v) is 2.75. The van der Waals surface area contributed by atoms with E-state index in [9.17, 15) is 9.59 Å². The molecule has 2 N–H and O–H groups in total.